The summed E-state index contributed by atoms with van der Waals surface area (Å²) in [4.78, 5) is 0. The van der Waals surface area contributed by atoms with Gasteiger partial charge in [-0.05, 0) is 43.9 Å². The fourth-order valence-electron chi connectivity index (χ4n) is 3.73. The van der Waals surface area contributed by atoms with Gasteiger partial charge in [0.05, 0.1) is 11.6 Å². The molecule has 1 saturated carbocycles. The number of hydrogen-bond acceptors (Lipinski definition) is 3. The number of rotatable bonds is 4. The zero-order chi connectivity index (χ0) is 15.5. The third kappa shape index (κ3) is 3.28. The molecule has 0 heterocycles. The minimum absolute atomic E-state index is 0.198. The maximum absolute atomic E-state index is 14.6. The van der Waals surface area contributed by atoms with E-state index < -0.39 is 5.60 Å². The molecular formula is C17H27FN2O. The molecule has 2 rings (SSSR count). The fraction of sp³-hybridized carbons (Fsp3) is 0.647. The van der Waals surface area contributed by atoms with E-state index in [2.05, 4.69) is 5.43 Å². The van der Waals surface area contributed by atoms with Gasteiger partial charge in [-0.1, -0.05) is 31.7 Å². The highest BCUT2D eigenvalue weighted by Gasteiger charge is 2.41. The van der Waals surface area contributed by atoms with Crippen molar-refractivity contribution in [2.24, 2.45) is 5.84 Å². The van der Waals surface area contributed by atoms with Gasteiger partial charge in [0.15, 0.2) is 0 Å². The lowest BCUT2D eigenvalue weighted by Gasteiger charge is -2.40. The van der Waals surface area contributed by atoms with Crippen molar-refractivity contribution in [3.63, 3.8) is 0 Å². The van der Waals surface area contributed by atoms with Crippen LogP contribution in [0.25, 0.3) is 0 Å². The second kappa shape index (κ2) is 6.86. The molecule has 1 atom stereocenters. The maximum Gasteiger partial charge on any atom is 0.128 e. The molecule has 1 aliphatic rings. The molecule has 0 bridgehead atoms. The molecular weight excluding hydrogens is 267 g/mol. The first-order valence-corrected chi connectivity index (χ1v) is 7.82. The number of nitrogens with one attached hydrogen (secondary N) is 1. The molecule has 0 saturated heterocycles. The molecule has 118 valence electrons. The zero-order valence-corrected chi connectivity index (χ0v) is 13.3. The summed E-state index contributed by atoms with van der Waals surface area (Å²) in [5.41, 5.74) is 4.92. The van der Waals surface area contributed by atoms with Crippen molar-refractivity contribution in [3.05, 3.63) is 34.6 Å². The predicted molar refractivity (Wildman–Crippen MR) is 83.4 cm³/mol. The van der Waals surface area contributed by atoms with Crippen LogP contribution in [0.2, 0.25) is 0 Å². The molecule has 1 aliphatic carbocycles. The first-order chi connectivity index (χ1) is 10.0. The Hall–Kier alpha value is -0.970. The van der Waals surface area contributed by atoms with Crippen molar-refractivity contribution in [1.29, 1.82) is 0 Å². The highest BCUT2D eigenvalue weighted by molar-refractivity contribution is 5.36. The lowest BCUT2D eigenvalue weighted by atomic mass is 9.80. The molecule has 3 nitrogen and oxygen atoms in total. The summed E-state index contributed by atoms with van der Waals surface area (Å²) in [6.45, 7) is 3.85. The molecule has 1 unspecified atom stereocenters. The van der Waals surface area contributed by atoms with E-state index in [0.29, 0.717) is 5.56 Å². The predicted octanol–water partition coefficient (Wildman–Crippen LogP) is 3.69. The Bertz CT molecular complexity index is 459. The van der Waals surface area contributed by atoms with Crippen molar-refractivity contribution in [2.45, 2.75) is 64.0 Å². The van der Waals surface area contributed by atoms with Gasteiger partial charge in [0.1, 0.15) is 5.82 Å². The summed E-state index contributed by atoms with van der Waals surface area (Å²) in [5.74, 6) is 5.63. The van der Waals surface area contributed by atoms with Crippen LogP contribution in [0.3, 0.4) is 0 Å². The Morgan fingerprint density at radius 1 is 1.19 bits per heavy atom. The molecule has 21 heavy (non-hydrogen) atoms. The minimum atomic E-state index is -0.424. The van der Waals surface area contributed by atoms with Crippen molar-refractivity contribution in [2.75, 3.05) is 7.11 Å². The topological polar surface area (TPSA) is 47.3 Å². The van der Waals surface area contributed by atoms with Gasteiger partial charge in [-0.15, -0.1) is 0 Å². The second-order valence-electron chi connectivity index (χ2n) is 6.26. The van der Waals surface area contributed by atoms with Gasteiger partial charge >= 0.3 is 0 Å². The van der Waals surface area contributed by atoms with Crippen molar-refractivity contribution < 1.29 is 9.13 Å². The molecule has 1 aromatic carbocycles. The Morgan fingerprint density at radius 3 is 2.29 bits per heavy atom. The van der Waals surface area contributed by atoms with E-state index >= 15 is 0 Å². The first kappa shape index (κ1) is 16.4. The summed E-state index contributed by atoms with van der Waals surface area (Å²) in [6, 6.07) is 3.26. The van der Waals surface area contributed by atoms with Crippen LogP contribution in [0, 0.1) is 19.7 Å². The molecule has 1 fully saturated rings. The van der Waals surface area contributed by atoms with Gasteiger partial charge in [-0.3, -0.25) is 5.84 Å². The monoisotopic (exact) mass is 294 g/mol. The number of halogens is 1. The average molecular weight is 294 g/mol. The van der Waals surface area contributed by atoms with E-state index in [1.165, 1.54) is 12.8 Å². The number of hydrazine groups is 1. The minimum Gasteiger partial charge on any atom is -0.376 e. The van der Waals surface area contributed by atoms with Crippen molar-refractivity contribution in [1.82, 2.24) is 5.43 Å². The third-order valence-electron chi connectivity index (χ3n) is 4.82. The molecule has 0 radical (unpaired) electrons. The average Bonchev–Trinajstić information content (AvgIpc) is 2.69. The molecule has 0 spiro atoms. The van der Waals surface area contributed by atoms with Crippen LogP contribution in [-0.4, -0.2) is 12.7 Å². The molecule has 3 N–H and O–H groups in total. The van der Waals surface area contributed by atoms with Crippen LogP contribution in [0.15, 0.2) is 12.1 Å². The molecule has 0 aromatic heterocycles. The highest BCUT2D eigenvalue weighted by atomic mass is 19.1. The summed E-state index contributed by atoms with van der Waals surface area (Å²) >= 11 is 0. The SMILES string of the molecule is COC1(C(NN)c2c(C)cc(C)cc2F)CCCCCC1. The number of ether oxygens (including phenoxy) is 1. The highest BCUT2D eigenvalue weighted by Crippen LogP contribution is 2.41. The van der Waals surface area contributed by atoms with Gasteiger partial charge in [-0.2, -0.15) is 0 Å². The van der Waals surface area contributed by atoms with Crippen LogP contribution >= 0.6 is 0 Å². The van der Waals surface area contributed by atoms with E-state index in [1.807, 2.05) is 19.9 Å². The number of aryl methyl sites for hydroxylation is 2. The van der Waals surface area contributed by atoms with E-state index in [0.717, 1.165) is 36.8 Å². The van der Waals surface area contributed by atoms with Gasteiger partial charge in [0.25, 0.3) is 0 Å². The number of nitrogens with two attached hydrogens (primary N) is 1. The van der Waals surface area contributed by atoms with E-state index in [-0.39, 0.29) is 11.9 Å². The standard InChI is InChI=1S/C17H27FN2O/c1-12-10-13(2)15(14(18)11-12)16(20-19)17(21-3)8-6-4-5-7-9-17/h10-11,16,20H,4-9,19H2,1-3H3. The zero-order valence-electron chi connectivity index (χ0n) is 13.3. The van der Waals surface area contributed by atoms with Gasteiger partial charge < -0.3 is 4.74 Å². The van der Waals surface area contributed by atoms with E-state index in [9.17, 15) is 4.39 Å². The van der Waals surface area contributed by atoms with Gasteiger partial charge in [-0.25, -0.2) is 9.82 Å². The summed E-state index contributed by atoms with van der Waals surface area (Å²) in [6.07, 6.45) is 6.42. The van der Waals surface area contributed by atoms with Crippen molar-refractivity contribution in [3.8, 4) is 0 Å². The fourth-order valence-corrected chi connectivity index (χ4v) is 3.73. The molecule has 4 heteroatoms. The van der Waals surface area contributed by atoms with Crippen LogP contribution in [0.1, 0.15) is 61.3 Å². The Morgan fingerprint density at radius 2 is 1.81 bits per heavy atom. The number of methoxy groups -OCH3 is 1. The lowest BCUT2D eigenvalue weighted by molar-refractivity contribution is -0.0550. The summed E-state index contributed by atoms with van der Waals surface area (Å²) in [7, 11) is 1.72. The molecule has 0 aliphatic heterocycles. The van der Waals surface area contributed by atoms with Crippen molar-refractivity contribution >= 4 is 0 Å². The number of hydrogen-bond donors (Lipinski definition) is 2. The molecule has 0 amide bonds. The normalized spacial score (nSPS) is 20.0. The van der Waals surface area contributed by atoms with E-state index in [1.54, 1.807) is 13.2 Å². The van der Waals surface area contributed by atoms with Gasteiger partial charge in [0, 0.05) is 12.7 Å². The second-order valence-corrected chi connectivity index (χ2v) is 6.26. The Labute approximate surface area is 127 Å². The first-order valence-electron chi connectivity index (χ1n) is 7.82. The van der Waals surface area contributed by atoms with Crippen LogP contribution in [0.5, 0.6) is 0 Å². The lowest BCUT2D eigenvalue weighted by Crippen LogP contribution is -2.48. The van der Waals surface area contributed by atoms with Gasteiger partial charge in [0.2, 0.25) is 0 Å². The van der Waals surface area contributed by atoms with E-state index in [4.69, 9.17) is 10.6 Å². The quantitative estimate of drug-likeness (QED) is 0.506. The Kier molecular flexibility index (Phi) is 5.36. The summed E-state index contributed by atoms with van der Waals surface area (Å²) < 4.78 is 20.5. The largest absolute Gasteiger partial charge is 0.376 e. The molecule has 1 aromatic rings. The van der Waals surface area contributed by atoms with Crippen LogP contribution in [0.4, 0.5) is 4.39 Å². The third-order valence-corrected chi connectivity index (χ3v) is 4.82. The maximum atomic E-state index is 14.6. The smallest absolute Gasteiger partial charge is 0.128 e. The Balaban J connectivity index is 2.46. The number of benzene rings is 1. The van der Waals surface area contributed by atoms with Crippen LogP contribution in [-0.2, 0) is 4.74 Å². The van der Waals surface area contributed by atoms with Crippen LogP contribution < -0.4 is 11.3 Å². The summed E-state index contributed by atoms with van der Waals surface area (Å²) in [5, 5.41) is 0.